The summed E-state index contributed by atoms with van der Waals surface area (Å²) in [6.07, 6.45) is 0. The van der Waals surface area contributed by atoms with E-state index in [0.717, 1.165) is 28.0 Å². The maximum absolute atomic E-state index is 12.9. The average molecular weight is 391 g/mol. The SMILES string of the molecule is CCn1c(S[C@@H](C)C(=O)NCc2ccc(F)cc2)nnc1-c1cccs1. The van der Waals surface area contributed by atoms with E-state index < -0.39 is 0 Å². The highest BCUT2D eigenvalue weighted by Gasteiger charge is 2.20. The summed E-state index contributed by atoms with van der Waals surface area (Å²) in [5.74, 6) is 0.441. The highest BCUT2D eigenvalue weighted by Crippen LogP contribution is 2.29. The molecule has 1 aromatic carbocycles. The number of aromatic nitrogens is 3. The summed E-state index contributed by atoms with van der Waals surface area (Å²) < 4.78 is 14.9. The normalized spacial score (nSPS) is 12.1. The second kappa shape index (κ2) is 8.46. The molecule has 1 atom stereocenters. The van der Waals surface area contributed by atoms with Gasteiger partial charge in [0.05, 0.1) is 10.1 Å². The van der Waals surface area contributed by atoms with E-state index in [0.29, 0.717) is 6.54 Å². The third kappa shape index (κ3) is 4.31. The molecule has 8 heteroatoms. The second-order valence-electron chi connectivity index (χ2n) is 5.63. The lowest BCUT2D eigenvalue weighted by Crippen LogP contribution is -2.30. The molecule has 5 nitrogen and oxygen atoms in total. The van der Waals surface area contributed by atoms with Crippen molar-refractivity contribution in [1.29, 1.82) is 0 Å². The van der Waals surface area contributed by atoms with Gasteiger partial charge in [0, 0.05) is 13.1 Å². The number of rotatable bonds is 7. The van der Waals surface area contributed by atoms with Crippen molar-refractivity contribution in [2.75, 3.05) is 0 Å². The van der Waals surface area contributed by atoms with Gasteiger partial charge in [-0.05, 0) is 43.0 Å². The predicted octanol–water partition coefficient (Wildman–Crippen LogP) is 3.96. The number of halogens is 1. The summed E-state index contributed by atoms with van der Waals surface area (Å²) in [7, 11) is 0. The molecule has 0 aliphatic rings. The first-order valence-corrected chi connectivity index (χ1v) is 10.00. The van der Waals surface area contributed by atoms with Crippen LogP contribution in [0, 0.1) is 5.82 Å². The van der Waals surface area contributed by atoms with Gasteiger partial charge < -0.3 is 9.88 Å². The molecule has 2 aromatic heterocycles. The summed E-state index contributed by atoms with van der Waals surface area (Å²) >= 11 is 2.99. The Hall–Kier alpha value is -2.19. The molecule has 2 heterocycles. The van der Waals surface area contributed by atoms with Crippen LogP contribution in [0.1, 0.15) is 19.4 Å². The largest absolute Gasteiger partial charge is 0.351 e. The molecule has 0 unspecified atom stereocenters. The molecular formula is C18H19FN4OS2. The lowest BCUT2D eigenvalue weighted by Gasteiger charge is -2.12. The summed E-state index contributed by atoms with van der Waals surface area (Å²) in [5, 5.41) is 13.8. The predicted molar refractivity (Wildman–Crippen MR) is 103 cm³/mol. The highest BCUT2D eigenvalue weighted by atomic mass is 32.2. The number of thioether (sulfide) groups is 1. The molecule has 0 aliphatic carbocycles. The van der Waals surface area contributed by atoms with Crippen molar-refractivity contribution < 1.29 is 9.18 Å². The number of hydrogen-bond acceptors (Lipinski definition) is 5. The van der Waals surface area contributed by atoms with Gasteiger partial charge >= 0.3 is 0 Å². The number of hydrogen-bond donors (Lipinski definition) is 1. The molecule has 0 saturated heterocycles. The standard InChI is InChI=1S/C18H19FN4OS2/c1-3-23-16(15-5-4-10-25-15)21-22-18(23)26-12(2)17(24)20-11-13-6-8-14(19)9-7-13/h4-10,12H,3,11H2,1-2H3,(H,20,24)/t12-/m0/s1. The molecule has 3 rings (SSSR count). The van der Waals surface area contributed by atoms with Crippen molar-refractivity contribution >= 4 is 29.0 Å². The van der Waals surface area contributed by atoms with Gasteiger partial charge in [0.25, 0.3) is 0 Å². The average Bonchev–Trinajstić information content (AvgIpc) is 3.30. The molecule has 1 amide bonds. The molecule has 0 fully saturated rings. The van der Waals surface area contributed by atoms with E-state index in [4.69, 9.17) is 0 Å². The van der Waals surface area contributed by atoms with E-state index in [2.05, 4.69) is 15.5 Å². The fraction of sp³-hybridized carbons (Fsp3) is 0.278. The van der Waals surface area contributed by atoms with Crippen molar-refractivity contribution in [2.45, 2.75) is 37.3 Å². The topological polar surface area (TPSA) is 59.8 Å². The Kier molecular flexibility index (Phi) is 6.05. The van der Waals surface area contributed by atoms with Gasteiger partial charge in [0.1, 0.15) is 5.82 Å². The Labute approximate surface area is 159 Å². The molecule has 3 aromatic rings. The highest BCUT2D eigenvalue weighted by molar-refractivity contribution is 8.00. The van der Waals surface area contributed by atoms with E-state index in [1.165, 1.54) is 23.9 Å². The van der Waals surface area contributed by atoms with Crippen LogP contribution < -0.4 is 5.32 Å². The van der Waals surface area contributed by atoms with Gasteiger partial charge in [-0.25, -0.2) is 4.39 Å². The van der Waals surface area contributed by atoms with Crippen molar-refractivity contribution in [3.8, 4) is 10.7 Å². The summed E-state index contributed by atoms with van der Waals surface area (Å²) in [4.78, 5) is 13.4. The number of nitrogens with zero attached hydrogens (tertiary/aromatic N) is 3. The molecular weight excluding hydrogens is 371 g/mol. The lowest BCUT2D eigenvalue weighted by atomic mass is 10.2. The summed E-state index contributed by atoms with van der Waals surface area (Å²) in [6.45, 7) is 4.96. The summed E-state index contributed by atoms with van der Waals surface area (Å²) in [5.41, 5.74) is 0.855. The van der Waals surface area contributed by atoms with Gasteiger partial charge in [-0.1, -0.05) is 30.0 Å². The van der Waals surface area contributed by atoms with Gasteiger partial charge in [-0.15, -0.1) is 21.5 Å². The molecule has 0 radical (unpaired) electrons. The van der Waals surface area contributed by atoms with Crippen LogP contribution >= 0.6 is 23.1 Å². The van der Waals surface area contributed by atoms with Crippen LogP contribution in [0.2, 0.25) is 0 Å². The molecule has 0 spiro atoms. The van der Waals surface area contributed by atoms with Crippen LogP contribution in [0.3, 0.4) is 0 Å². The van der Waals surface area contributed by atoms with Gasteiger partial charge in [0.2, 0.25) is 5.91 Å². The first kappa shape index (κ1) is 18.6. The van der Waals surface area contributed by atoms with Crippen LogP contribution in [0.25, 0.3) is 10.7 Å². The Morgan fingerprint density at radius 2 is 2.08 bits per heavy atom. The van der Waals surface area contributed by atoms with Gasteiger partial charge in [0.15, 0.2) is 11.0 Å². The third-order valence-corrected chi connectivity index (χ3v) is 5.75. The zero-order valence-corrected chi connectivity index (χ0v) is 16.1. The number of benzene rings is 1. The van der Waals surface area contributed by atoms with E-state index in [-0.39, 0.29) is 17.0 Å². The van der Waals surface area contributed by atoms with Crippen molar-refractivity contribution in [3.63, 3.8) is 0 Å². The minimum Gasteiger partial charge on any atom is -0.351 e. The quantitative estimate of drug-likeness (QED) is 0.620. The number of carbonyl (C=O) groups is 1. The molecule has 0 saturated carbocycles. The minimum atomic E-state index is -0.318. The van der Waals surface area contributed by atoms with Crippen LogP contribution in [0.5, 0.6) is 0 Å². The molecule has 136 valence electrons. The van der Waals surface area contributed by atoms with Crippen LogP contribution in [0.4, 0.5) is 4.39 Å². The van der Waals surface area contributed by atoms with E-state index >= 15 is 0 Å². The third-order valence-electron chi connectivity index (χ3n) is 3.81. The maximum Gasteiger partial charge on any atom is 0.233 e. The molecule has 0 bridgehead atoms. The van der Waals surface area contributed by atoms with Crippen molar-refractivity contribution in [2.24, 2.45) is 0 Å². The Balaban J connectivity index is 1.63. The number of thiophene rings is 1. The van der Waals surface area contributed by atoms with Crippen LogP contribution in [-0.2, 0) is 17.9 Å². The minimum absolute atomic E-state index is 0.0948. The first-order valence-electron chi connectivity index (χ1n) is 8.24. The van der Waals surface area contributed by atoms with E-state index in [1.807, 2.05) is 35.9 Å². The fourth-order valence-electron chi connectivity index (χ4n) is 2.40. The molecule has 1 N–H and O–H groups in total. The lowest BCUT2D eigenvalue weighted by molar-refractivity contribution is -0.120. The second-order valence-corrected chi connectivity index (χ2v) is 7.89. The van der Waals surface area contributed by atoms with Crippen LogP contribution in [-0.4, -0.2) is 25.9 Å². The fourth-order valence-corrected chi connectivity index (χ4v) is 4.05. The number of carbonyl (C=O) groups excluding carboxylic acids is 1. The monoisotopic (exact) mass is 390 g/mol. The van der Waals surface area contributed by atoms with Crippen molar-refractivity contribution in [3.05, 3.63) is 53.2 Å². The Bertz CT molecular complexity index is 862. The number of amides is 1. The van der Waals surface area contributed by atoms with Gasteiger partial charge in [-0.3, -0.25) is 4.79 Å². The summed E-state index contributed by atoms with van der Waals surface area (Å²) in [6, 6.07) is 10.1. The van der Waals surface area contributed by atoms with Gasteiger partial charge in [-0.2, -0.15) is 0 Å². The molecule has 26 heavy (non-hydrogen) atoms. The Morgan fingerprint density at radius 3 is 2.73 bits per heavy atom. The van der Waals surface area contributed by atoms with Crippen LogP contribution in [0.15, 0.2) is 46.9 Å². The zero-order chi connectivity index (χ0) is 18.5. The Morgan fingerprint density at radius 1 is 1.31 bits per heavy atom. The number of nitrogens with one attached hydrogen (secondary N) is 1. The van der Waals surface area contributed by atoms with E-state index in [9.17, 15) is 9.18 Å². The van der Waals surface area contributed by atoms with E-state index in [1.54, 1.807) is 23.5 Å². The smallest absolute Gasteiger partial charge is 0.233 e. The zero-order valence-electron chi connectivity index (χ0n) is 14.5. The van der Waals surface area contributed by atoms with Crippen molar-refractivity contribution in [1.82, 2.24) is 20.1 Å². The first-order chi connectivity index (χ1) is 12.6. The maximum atomic E-state index is 12.9. The molecule has 0 aliphatic heterocycles.